The number of nitrogens with one attached hydrogen (secondary N) is 2. The quantitative estimate of drug-likeness (QED) is 0.789. The summed E-state index contributed by atoms with van der Waals surface area (Å²) in [6, 6.07) is 10.3. The molecule has 5 nitrogen and oxygen atoms in total. The molecule has 1 aliphatic rings. The average Bonchev–Trinajstić information content (AvgIpc) is 3.08. The standard InChI is InChI=1S/C21H24ClN3O2/c1-13-10-14(2)19(15(3)11-13)24-20(26)18-8-5-9-25(18)21(27)23-17-7-4-6-16(22)12-17/h4,6-7,10-12,18H,5,8-9H2,1-3H3,(H,23,27)(H,24,26)/t18-/m0/s1. The van der Waals surface area contributed by atoms with E-state index in [2.05, 4.69) is 10.6 Å². The average molecular weight is 386 g/mol. The van der Waals surface area contributed by atoms with Crippen molar-refractivity contribution in [1.29, 1.82) is 0 Å². The number of amides is 3. The van der Waals surface area contributed by atoms with Crippen LogP contribution in [0.3, 0.4) is 0 Å². The maximum absolute atomic E-state index is 12.9. The number of urea groups is 1. The van der Waals surface area contributed by atoms with Crippen molar-refractivity contribution in [2.45, 2.75) is 39.7 Å². The molecular formula is C21H24ClN3O2. The van der Waals surface area contributed by atoms with Gasteiger partial charge in [0.1, 0.15) is 6.04 Å². The summed E-state index contributed by atoms with van der Waals surface area (Å²) in [7, 11) is 0. The Labute approximate surface area is 164 Å². The Morgan fingerprint density at radius 2 is 1.78 bits per heavy atom. The van der Waals surface area contributed by atoms with Crippen molar-refractivity contribution in [2.24, 2.45) is 0 Å². The third-order valence-electron chi connectivity index (χ3n) is 4.82. The number of halogens is 1. The highest BCUT2D eigenvalue weighted by atomic mass is 35.5. The zero-order chi connectivity index (χ0) is 19.6. The summed E-state index contributed by atoms with van der Waals surface area (Å²) in [5.74, 6) is -0.149. The van der Waals surface area contributed by atoms with Gasteiger partial charge >= 0.3 is 6.03 Å². The largest absolute Gasteiger partial charge is 0.324 e. The molecule has 0 unspecified atom stereocenters. The molecule has 1 heterocycles. The van der Waals surface area contributed by atoms with Crippen LogP contribution in [0.4, 0.5) is 16.2 Å². The number of rotatable bonds is 3. The van der Waals surface area contributed by atoms with E-state index in [1.165, 1.54) is 0 Å². The van der Waals surface area contributed by atoms with E-state index in [1.807, 2.05) is 32.9 Å². The minimum absolute atomic E-state index is 0.149. The lowest BCUT2D eigenvalue weighted by Crippen LogP contribution is -2.45. The molecule has 0 spiro atoms. The van der Waals surface area contributed by atoms with Crippen LogP contribution in [0.1, 0.15) is 29.5 Å². The molecule has 142 valence electrons. The van der Waals surface area contributed by atoms with Crippen LogP contribution in [0.2, 0.25) is 5.02 Å². The Bertz CT molecular complexity index is 858. The first kappa shape index (κ1) is 19.2. The molecule has 0 aliphatic carbocycles. The smallest absolute Gasteiger partial charge is 0.322 e. The second-order valence-corrected chi connectivity index (χ2v) is 7.49. The van der Waals surface area contributed by atoms with Crippen molar-refractivity contribution >= 4 is 34.9 Å². The van der Waals surface area contributed by atoms with Crippen LogP contribution in [-0.2, 0) is 4.79 Å². The zero-order valence-corrected chi connectivity index (χ0v) is 16.6. The lowest BCUT2D eigenvalue weighted by molar-refractivity contribution is -0.119. The number of nitrogens with zero attached hydrogens (tertiary/aromatic N) is 1. The summed E-state index contributed by atoms with van der Waals surface area (Å²) < 4.78 is 0. The van der Waals surface area contributed by atoms with Gasteiger partial charge in [0, 0.05) is 22.9 Å². The van der Waals surface area contributed by atoms with Crippen LogP contribution in [0.15, 0.2) is 36.4 Å². The minimum Gasteiger partial charge on any atom is -0.324 e. The molecule has 1 saturated heterocycles. The first-order chi connectivity index (χ1) is 12.8. The van der Waals surface area contributed by atoms with Crippen LogP contribution >= 0.6 is 11.6 Å². The molecule has 0 radical (unpaired) electrons. The predicted molar refractivity (Wildman–Crippen MR) is 109 cm³/mol. The molecule has 3 amide bonds. The summed E-state index contributed by atoms with van der Waals surface area (Å²) in [4.78, 5) is 27.1. The number of anilines is 2. The minimum atomic E-state index is -0.482. The molecule has 2 aromatic rings. The lowest BCUT2D eigenvalue weighted by Gasteiger charge is -2.25. The van der Waals surface area contributed by atoms with Gasteiger partial charge in [-0.1, -0.05) is 35.4 Å². The summed E-state index contributed by atoms with van der Waals surface area (Å²) in [6.45, 7) is 6.54. The van der Waals surface area contributed by atoms with E-state index in [0.717, 1.165) is 28.8 Å². The van der Waals surface area contributed by atoms with E-state index < -0.39 is 6.04 Å². The molecule has 1 aliphatic heterocycles. The molecule has 0 saturated carbocycles. The third-order valence-corrected chi connectivity index (χ3v) is 5.05. The van der Waals surface area contributed by atoms with Crippen molar-refractivity contribution in [3.05, 3.63) is 58.1 Å². The Kier molecular flexibility index (Phi) is 5.71. The van der Waals surface area contributed by atoms with Gasteiger partial charge < -0.3 is 15.5 Å². The topological polar surface area (TPSA) is 61.4 Å². The molecule has 27 heavy (non-hydrogen) atoms. The number of carbonyl (C=O) groups excluding carboxylic acids is 2. The van der Waals surface area contributed by atoms with E-state index in [0.29, 0.717) is 23.7 Å². The van der Waals surface area contributed by atoms with Crippen molar-refractivity contribution in [2.75, 3.05) is 17.2 Å². The van der Waals surface area contributed by atoms with Gasteiger partial charge in [0.15, 0.2) is 0 Å². The van der Waals surface area contributed by atoms with Gasteiger partial charge in [0.25, 0.3) is 0 Å². The number of aryl methyl sites for hydroxylation is 3. The Morgan fingerprint density at radius 3 is 2.44 bits per heavy atom. The van der Waals surface area contributed by atoms with Crippen LogP contribution in [0.25, 0.3) is 0 Å². The Morgan fingerprint density at radius 1 is 1.07 bits per heavy atom. The Balaban J connectivity index is 1.72. The van der Waals surface area contributed by atoms with Crippen molar-refractivity contribution < 1.29 is 9.59 Å². The van der Waals surface area contributed by atoms with Crippen LogP contribution in [0.5, 0.6) is 0 Å². The van der Waals surface area contributed by atoms with Gasteiger partial charge in [0.2, 0.25) is 5.91 Å². The lowest BCUT2D eigenvalue weighted by atomic mass is 10.0. The van der Waals surface area contributed by atoms with E-state index >= 15 is 0 Å². The highest BCUT2D eigenvalue weighted by molar-refractivity contribution is 6.30. The number of likely N-dealkylation sites (tertiary alicyclic amines) is 1. The van der Waals surface area contributed by atoms with Crippen LogP contribution in [0, 0.1) is 20.8 Å². The van der Waals surface area contributed by atoms with Gasteiger partial charge in [-0.05, 0) is 62.9 Å². The second kappa shape index (κ2) is 8.01. The summed E-state index contributed by atoms with van der Waals surface area (Å²) >= 11 is 5.97. The van der Waals surface area contributed by atoms with E-state index in [-0.39, 0.29) is 11.9 Å². The summed E-state index contributed by atoms with van der Waals surface area (Å²) in [5, 5.41) is 6.40. The van der Waals surface area contributed by atoms with Gasteiger partial charge in [0.05, 0.1) is 0 Å². The molecule has 0 aromatic heterocycles. The highest BCUT2D eigenvalue weighted by Gasteiger charge is 2.34. The van der Waals surface area contributed by atoms with Crippen LogP contribution in [-0.4, -0.2) is 29.4 Å². The van der Waals surface area contributed by atoms with Gasteiger partial charge in [-0.3, -0.25) is 4.79 Å². The highest BCUT2D eigenvalue weighted by Crippen LogP contribution is 2.25. The molecule has 3 rings (SSSR count). The molecule has 2 aromatic carbocycles. The number of carbonyl (C=O) groups is 2. The molecular weight excluding hydrogens is 362 g/mol. The summed E-state index contributed by atoms with van der Waals surface area (Å²) in [5.41, 5.74) is 4.64. The number of hydrogen-bond donors (Lipinski definition) is 2. The van der Waals surface area contributed by atoms with E-state index in [4.69, 9.17) is 11.6 Å². The zero-order valence-electron chi connectivity index (χ0n) is 15.8. The van der Waals surface area contributed by atoms with Crippen molar-refractivity contribution in [3.8, 4) is 0 Å². The van der Waals surface area contributed by atoms with E-state index in [9.17, 15) is 9.59 Å². The fourth-order valence-corrected chi connectivity index (χ4v) is 3.82. The SMILES string of the molecule is Cc1cc(C)c(NC(=O)[C@@H]2CCCN2C(=O)Nc2cccc(Cl)c2)c(C)c1. The number of hydrogen-bond acceptors (Lipinski definition) is 2. The summed E-state index contributed by atoms with van der Waals surface area (Å²) in [6.07, 6.45) is 1.45. The first-order valence-electron chi connectivity index (χ1n) is 9.07. The number of benzene rings is 2. The van der Waals surface area contributed by atoms with Crippen LogP contribution < -0.4 is 10.6 Å². The maximum Gasteiger partial charge on any atom is 0.322 e. The molecule has 6 heteroatoms. The van der Waals surface area contributed by atoms with Gasteiger partial charge in [-0.15, -0.1) is 0 Å². The monoisotopic (exact) mass is 385 g/mol. The normalized spacial score (nSPS) is 16.3. The second-order valence-electron chi connectivity index (χ2n) is 7.05. The molecule has 1 fully saturated rings. The van der Waals surface area contributed by atoms with Crippen molar-refractivity contribution in [3.63, 3.8) is 0 Å². The Hall–Kier alpha value is -2.53. The predicted octanol–water partition coefficient (Wildman–Crippen LogP) is 4.90. The van der Waals surface area contributed by atoms with Crippen molar-refractivity contribution in [1.82, 2.24) is 4.90 Å². The first-order valence-corrected chi connectivity index (χ1v) is 9.45. The third kappa shape index (κ3) is 4.42. The van der Waals surface area contributed by atoms with Gasteiger partial charge in [-0.25, -0.2) is 4.79 Å². The fraction of sp³-hybridized carbons (Fsp3) is 0.333. The molecule has 2 N–H and O–H groups in total. The molecule has 0 bridgehead atoms. The maximum atomic E-state index is 12.9. The fourth-order valence-electron chi connectivity index (χ4n) is 3.63. The van der Waals surface area contributed by atoms with E-state index in [1.54, 1.807) is 29.2 Å². The van der Waals surface area contributed by atoms with Gasteiger partial charge in [-0.2, -0.15) is 0 Å². The molecule has 1 atom stereocenters.